The molecule has 6 nitrogen and oxygen atoms in total. The highest BCUT2D eigenvalue weighted by Gasteiger charge is 2.40. The summed E-state index contributed by atoms with van der Waals surface area (Å²) in [7, 11) is 1.28. The van der Waals surface area contributed by atoms with Gasteiger partial charge < -0.3 is 14.6 Å². The van der Waals surface area contributed by atoms with Crippen LogP contribution in [-0.2, 0) is 4.74 Å². The number of H-pyrrole nitrogens is 1. The van der Waals surface area contributed by atoms with Gasteiger partial charge in [-0.3, -0.25) is 9.59 Å². The number of aromatic nitrogens is 1. The average Bonchev–Trinajstić information content (AvgIpc) is 3.46. The summed E-state index contributed by atoms with van der Waals surface area (Å²) in [6.07, 6.45) is 1.64. The van der Waals surface area contributed by atoms with Gasteiger partial charge in [0.2, 0.25) is 0 Å². The number of Topliss-reactive ketones (excluding diaryl/α,β-unsaturated/α-hetero) is 1. The summed E-state index contributed by atoms with van der Waals surface area (Å²) in [5.74, 6) is -1.52. The molecule has 1 fully saturated rings. The summed E-state index contributed by atoms with van der Waals surface area (Å²) in [5.41, 5.74) is 2.03. The van der Waals surface area contributed by atoms with Crippen molar-refractivity contribution < 1.29 is 23.5 Å². The van der Waals surface area contributed by atoms with Gasteiger partial charge in [0, 0.05) is 22.9 Å². The first-order valence-electron chi connectivity index (χ1n) is 9.16. The van der Waals surface area contributed by atoms with Gasteiger partial charge in [0.05, 0.1) is 13.2 Å². The number of nitrogens with one attached hydrogen (secondary N) is 1. The smallest absolute Gasteiger partial charge is 0.354 e. The van der Waals surface area contributed by atoms with E-state index in [1.54, 1.807) is 25.7 Å². The highest BCUT2D eigenvalue weighted by molar-refractivity contribution is 6.07. The third-order valence-corrected chi connectivity index (χ3v) is 5.14. The van der Waals surface area contributed by atoms with Gasteiger partial charge >= 0.3 is 5.97 Å². The fraction of sp³-hybridized carbons (Fsp3) is 0.381. The molecule has 3 rings (SSSR count). The molecule has 0 aliphatic heterocycles. The van der Waals surface area contributed by atoms with E-state index in [1.807, 2.05) is 0 Å². The molecule has 1 amide bonds. The van der Waals surface area contributed by atoms with Crippen molar-refractivity contribution in [3.8, 4) is 0 Å². The molecule has 1 aromatic heterocycles. The van der Waals surface area contributed by atoms with Crippen molar-refractivity contribution in [1.29, 1.82) is 0 Å². The summed E-state index contributed by atoms with van der Waals surface area (Å²) >= 11 is 0. The van der Waals surface area contributed by atoms with Crippen LogP contribution in [0.1, 0.15) is 62.2 Å². The number of ether oxygens (including phenoxy) is 1. The number of aromatic amines is 1. The van der Waals surface area contributed by atoms with Crippen molar-refractivity contribution in [2.45, 2.75) is 45.7 Å². The third kappa shape index (κ3) is 3.56. The van der Waals surface area contributed by atoms with Crippen LogP contribution in [0.25, 0.3) is 0 Å². The minimum atomic E-state index is -0.719. The van der Waals surface area contributed by atoms with Crippen LogP contribution in [0.4, 0.5) is 4.39 Å². The lowest BCUT2D eigenvalue weighted by Crippen LogP contribution is -2.45. The number of rotatable bonds is 6. The van der Waals surface area contributed by atoms with E-state index in [2.05, 4.69) is 4.98 Å². The second-order valence-electron chi connectivity index (χ2n) is 7.11. The third-order valence-electron chi connectivity index (χ3n) is 5.14. The van der Waals surface area contributed by atoms with E-state index in [0.717, 1.165) is 12.8 Å². The standard InChI is InChI=1S/C21H23FN2O4/c1-11-17(12(2)23-18(11)21(27)28-4)19(25)13(3)24(16-9-10-16)20(26)14-5-7-15(22)8-6-14/h5-8,13,16,23H,9-10H2,1-4H3/t13-/m1/s1. The number of benzene rings is 1. The quantitative estimate of drug-likeness (QED) is 0.609. The number of hydrogen-bond donors (Lipinski definition) is 1. The zero-order valence-corrected chi connectivity index (χ0v) is 16.3. The molecule has 148 valence electrons. The summed E-state index contributed by atoms with van der Waals surface area (Å²) in [4.78, 5) is 42.6. The first-order chi connectivity index (χ1) is 13.3. The van der Waals surface area contributed by atoms with Crippen LogP contribution in [0.2, 0.25) is 0 Å². The van der Waals surface area contributed by atoms with Crippen LogP contribution in [0.3, 0.4) is 0 Å². The summed E-state index contributed by atoms with van der Waals surface area (Å²) in [6, 6.07) is 4.57. The molecule has 1 heterocycles. The maximum atomic E-state index is 13.2. The molecular weight excluding hydrogens is 363 g/mol. The number of amides is 1. The van der Waals surface area contributed by atoms with Crippen molar-refractivity contribution in [2.75, 3.05) is 7.11 Å². The lowest BCUT2D eigenvalue weighted by atomic mass is 9.99. The zero-order chi connectivity index (χ0) is 20.6. The molecule has 0 bridgehead atoms. The molecule has 0 unspecified atom stereocenters. The van der Waals surface area contributed by atoms with E-state index in [-0.39, 0.29) is 23.4 Å². The molecule has 28 heavy (non-hydrogen) atoms. The maximum Gasteiger partial charge on any atom is 0.354 e. The van der Waals surface area contributed by atoms with Gasteiger partial charge in [-0.15, -0.1) is 0 Å². The molecule has 0 spiro atoms. The van der Waals surface area contributed by atoms with Crippen molar-refractivity contribution in [3.05, 3.63) is 58.2 Å². The number of ketones is 1. The Hall–Kier alpha value is -2.96. The van der Waals surface area contributed by atoms with Crippen LogP contribution in [0.5, 0.6) is 0 Å². The van der Waals surface area contributed by atoms with E-state index in [0.29, 0.717) is 22.4 Å². The first kappa shape index (κ1) is 19.8. The number of hydrogen-bond acceptors (Lipinski definition) is 4. The molecule has 1 aliphatic carbocycles. The predicted octanol–water partition coefficient (Wildman–Crippen LogP) is 3.43. The number of halogens is 1. The Morgan fingerprint density at radius 3 is 2.32 bits per heavy atom. The molecule has 2 aromatic rings. The Kier molecular flexibility index (Phi) is 5.36. The molecule has 0 saturated heterocycles. The van der Waals surface area contributed by atoms with Crippen molar-refractivity contribution in [2.24, 2.45) is 0 Å². The topological polar surface area (TPSA) is 79.5 Å². The Bertz CT molecular complexity index is 929. The van der Waals surface area contributed by atoms with Crippen molar-refractivity contribution in [3.63, 3.8) is 0 Å². The Labute approximate surface area is 162 Å². The number of aryl methyl sites for hydroxylation is 1. The first-order valence-corrected chi connectivity index (χ1v) is 9.16. The maximum absolute atomic E-state index is 13.2. The zero-order valence-electron chi connectivity index (χ0n) is 16.3. The molecule has 0 radical (unpaired) electrons. The van der Waals surface area contributed by atoms with Crippen molar-refractivity contribution in [1.82, 2.24) is 9.88 Å². The monoisotopic (exact) mass is 386 g/mol. The predicted molar refractivity (Wildman–Crippen MR) is 101 cm³/mol. The largest absolute Gasteiger partial charge is 0.464 e. The Morgan fingerprint density at radius 1 is 1.18 bits per heavy atom. The van der Waals surface area contributed by atoms with Crippen molar-refractivity contribution >= 4 is 17.7 Å². The summed E-state index contributed by atoms with van der Waals surface area (Å²) < 4.78 is 17.9. The molecular formula is C21H23FN2O4. The lowest BCUT2D eigenvalue weighted by Gasteiger charge is -2.29. The van der Waals surface area contributed by atoms with E-state index in [9.17, 15) is 18.8 Å². The van der Waals surface area contributed by atoms with E-state index >= 15 is 0 Å². The van der Waals surface area contributed by atoms with Crippen LogP contribution in [0, 0.1) is 19.7 Å². The molecule has 1 saturated carbocycles. The molecule has 7 heteroatoms. The second kappa shape index (κ2) is 7.58. The summed E-state index contributed by atoms with van der Waals surface area (Å²) in [5, 5.41) is 0. The average molecular weight is 386 g/mol. The van der Waals surface area contributed by atoms with Crippen LogP contribution >= 0.6 is 0 Å². The molecule has 1 aliphatic rings. The van der Waals surface area contributed by atoms with E-state index < -0.39 is 17.8 Å². The molecule has 1 aromatic carbocycles. The minimum Gasteiger partial charge on any atom is -0.464 e. The van der Waals surface area contributed by atoms with Crippen LogP contribution in [-0.4, -0.2) is 46.7 Å². The minimum absolute atomic E-state index is 0.0175. The number of esters is 1. The van der Waals surface area contributed by atoms with Crippen LogP contribution in [0.15, 0.2) is 24.3 Å². The van der Waals surface area contributed by atoms with E-state index in [4.69, 9.17) is 4.74 Å². The molecule has 1 atom stereocenters. The number of carbonyl (C=O) groups is 3. The van der Waals surface area contributed by atoms with Gasteiger partial charge in [-0.05, 0) is 63.4 Å². The van der Waals surface area contributed by atoms with Gasteiger partial charge in [-0.25, -0.2) is 9.18 Å². The second-order valence-corrected chi connectivity index (χ2v) is 7.11. The highest BCUT2D eigenvalue weighted by Crippen LogP contribution is 2.32. The SMILES string of the molecule is COC(=O)c1[nH]c(C)c(C(=O)[C@@H](C)N(C(=O)c2ccc(F)cc2)C2CC2)c1C. The van der Waals surface area contributed by atoms with Gasteiger partial charge in [0.25, 0.3) is 5.91 Å². The molecule has 1 N–H and O–H groups in total. The lowest BCUT2D eigenvalue weighted by molar-refractivity contribution is 0.0591. The Morgan fingerprint density at radius 2 is 1.79 bits per heavy atom. The fourth-order valence-corrected chi connectivity index (χ4v) is 3.51. The highest BCUT2D eigenvalue weighted by atomic mass is 19.1. The van der Waals surface area contributed by atoms with Gasteiger partial charge in [-0.2, -0.15) is 0 Å². The fourth-order valence-electron chi connectivity index (χ4n) is 3.51. The van der Waals surface area contributed by atoms with Crippen LogP contribution < -0.4 is 0 Å². The number of nitrogens with zero attached hydrogens (tertiary/aromatic N) is 1. The van der Waals surface area contributed by atoms with E-state index in [1.165, 1.54) is 31.4 Å². The van der Waals surface area contributed by atoms with Gasteiger partial charge in [0.15, 0.2) is 5.78 Å². The summed E-state index contributed by atoms with van der Waals surface area (Å²) in [6.45, 7) is 5.08. The van der Waals surface area contributed by atoms with Gasteiger partial charge in [0.1, 0.15) is 11.5 Å². The Balaban J connectivity index is 1.92. The number of carbonyl (C=O) groups excluding carboxylic acids is 3. The number of methoxy groups -OCH3 is 1. The van der Waals surface area contributed by atoms with Gasteiger partial charge in [-0.1, -0.05) is 0 Å². The normalized spacial score (nSPS) is 14.5.